The molecule has 1 nitrogen and oxygen atoms in total. The van der Waals surface area contributed by atoms with E-state index in [0.29, 0.717) is 5.41 Å². The summed E-state index contributed by atoms with van der Waals surface area (Å²) in [5.41, 5.74) is 2.13. The first kappa shape index (κ1) is 12.2. The van der Waals surface area contributed by atoms with Crippen LogP contribution < -0.4 is 5.32 Å². The number of hydrogen-bond donors (Lipinski definition) is 1. The van der Waals surface area contributed by atoms with Crippen LogP contribution in [0.25, 0.3) is 0 Å². The Morgan fingerprint density at radius 1 is 1.11 bits per heavy atom. The topological polar surface area (TPSA) is 12.0 Å². The third-order valence-corrected chi connectivity index (χ3v) is 5.52. The number of hydrogen-bond acceptors (Lipinski definition) is 1. The minimum absolute atomic E-state index is 0.574. The Labute approximate surface area is 111 Å². The van der Waals surface area contributed by atoms with Gasteiger partial charge in [-0.2, -0.15) is 0 Å². The van der Waals surface area contributed by atoms with Crippen LogP contribution in [0, 0.1) is 11.3 Å². The van der Waals surface area contributed by atoms with Gasteiger partial charge >= 0.3 is 0 Å². The van der Waals surface area contributed by atoms with E-state index in [4.69, 9.17) is 0 Å². The molecule has 1 saturated heterocycles. The molecule has 2 fully saturated rings. The van der Waals surface area contributed by atoms with Crippen molar-refractivity contribution in [3.63, 3.8) is 0 Å². The largest absolute Gasteiger partial charge is 0.316 e. The lowest BCUT2D eigenvalue weighted by Crippen LogP contribution is -2.48. The number of piperidine rings is 1. The highest BCUT2D eigenvalue weighted by atomic mass is 14.9. The first-order chi connectivity index (χ1) is 8.83. The molecule has 1 N–H and O–H groups in total. The van der Waals surface area contributed by atoms with E-state index in [9.17, 15) is 0 Å². The molecule has 0 amide bonds. The molecule has 0 aromatic heterocycles. The Kier molecular flexibility index (Phi) is 3.43. The molecule has 3 rings (SSSR count). The summed E-state index contributed by atoms with van der Waals surface area (Å²) in [6.07, 6.45) is 7.12. The molecule has 0 radical (unpaired) electrons. The predicted molar refractivity (Wildman–Crippen MR) is 76.7 cm³/mol. The molecule has 1 aromatic carbocycles. The summed E-state index contributed by atoms with van der Waals surface area (Å²) < 4.78 is 0. The fourth-order valence-electron chi connectivity index (χ4n) is 4.41. The van der Waals surface area contributed by atoms with Crippen molar-refractivity contribution in [2.75, 3.05) is 13.1 Å². The van der Waals surface area contributed by atoms with Gasteiger partial charge in [0.05, 0.1) is 0 Å². The van der Waals surface area contributed by atoms with Gasteiger partial charge in [0, 0.05) is 12.5 Å². The van der Waals surface area contributed by atoms with E-state index in [0.717, 1.165) is 11.8 Å². The SMILES string of the molecule is CC1CCCCC12CCNCC2c1ccccc1. The van der Waals surface area contributed by atoms with E-state index in [2.05, 4.69) is 42.6 Å². The molecular formula is C17H25N. The van der Waals surface area contributed by atoms with Gasteiger partial charge in [0.1, 0.15) is 0 Å². The van der Waals surface area contributed by atoms with Crippen molar-refractivity contribution in [1.82, 2.24) is 5.32 Å². The molecule has 1 heteroatoms. The van der Waals surface area contributed by atoms with Crippen LogP contribution in [0.4, 0.5) is 0 Å². The Balaban J connectivity index is 1.94. The molecule has 1 saturated carbocycles. The average Bonchev–Trinajstić information content (AvgIpc) is 2.44. The lowest BCUT2D eigenvalue weighted by molar-refractivity contribution is 0.0419. The summed E-state index contributed by atoms with van der Waals surface area (Å²) in [7, 11) is 0. The molecule has 1 spiro atoms. The molecule has 0 bridgehead atoms. The van der Waals surface area contributed by atoms with Gasteiger partial charge in [0.15, 0.2) is 0 Å². The maximum Gasteiger partial charge on any atom is 0.00256 e. The fourth-order valence-corrected chi connectivity index (χ4v) is 4.41. The van der Waals surface area contributed by atoms with E-state index in [1.807, 2.05) is 0 Å². The molecule has 3 unspecified atom stereocenters. The van der Waals surface area contributed by atoms with Gasteiger partial charge in [0.25, 0.3) is 0 Å². The van der Waals surface area contributed by atoms with Gasteiger partial charge in [-0.3, -0.25) is 0 Å². The van der Waals surface area contributed by atoms with Crippen LogP contribution >= 0.6 is 0 Å². The fraction of sp³-hybridized carbons (Fsp3) is 0.647. The Hall–Kier alpha value is -0.820. The first-order valence-corrected chi connectivity index (χ1v) is 7.58. The highest BCUT2D eigenvalue weighted by Crippen LogP contribution is 2.53. The maximum absolute atomic E-state index is 3.63. The summed E-state index contributed by atoms with van der Waals surface area (Å²) in [4.78, 5) is 0. The van der Waals surface area contributed by atoms with Crippen molar-refractivity contribution in [2.24, 2.45) is 11.3 Å². The van der Waals surface area contributed by atoms with Crippen molar-refractivity contribution in [3.8, 4) is 0 Å². The van der Waals surface area contributed by atoms with Crippen molar-refractivity contribution in [2.45, 2.75) is 44.9 Å². The zero-order valence-electron chi connectivity index (χ0n) is 11.5. The molecule has 1 aliphatic carbocycles. The number of benzene rings is 1. The molecule has 98 valence electrons. The van der Waals surface area contributed by atoms with Crippen LogP contribution in [-0.4, -0.2) is 13.1 Å². The van der Waals surface area contributed by atoms with Gasteiger partial charge in [-0.1, -0.05) is 56.5 Å². The standard InChI is InChI=1S/C17H25N/c1-14-7-5-6-10-17(14)11-12-18-13-16(17)15-8-3-2-4-9-15/h2-4,8-9,14,16,18H,5-7,10-13H2,1H3. The average molecular weight is 243 g/mol. The normalized spacial score (nSPS) is 36.7. The molecule has 1 aliphatic heterocycles. The quantitative estimate of drug-likeness (QED) is 0.787. The van der Waals surface area contributed by atoms with Gasteiger partial charge < -0.3 is 5.32 Å². The van der Waals surface area contributed by atoms with E-state index in [1.54, 1.807) is 5.56 Å². The first-order valence-electron chi connectivity index (χ1n) is 7.58. The van der Waals surface area contributed by atoms with Crippen LogP contribution in [0.1, 0.15) is 50.5 Å². The van der Waals surface area contributed by atoms with Gasteiger partial charge in [-0.15, -0.1) is 0 Å². The van der Waals surface area contributed by atoms with Crippen molar-refractivity contribution in [1.29, 1.82) is 0 Å². The highest BCUT2D eigenvalue weighted by Gasteiger charge is 2.46. The predicted octanol–water partition coefficient (Wildman–Crippen LogP) is 3.96. The number of nitrogens with one attached hydrogen (secondary N) is 1. The van der Waals surface area contributed by atoms with Gasteiger partial charge in [-0.05, 0) is 36.3 Å². The van der Waals surface area contributed by atoms with Crippen molar-refractivity contribution < 1.29 is 0 Å². The van der Waals surface area contributed by atoms with Crippen LogP contribution in [-0.2, 0) is 0 Å². The highest BCUT2D eigenvalue weighted by molar-refractivity contribution is 5.24. The summed E-state index contributed by atoms with van der Waals surface area (Å²) >= 11 is 0. The monoisotopic (exact) mass is 243 g/mol. The van der Waals surface area contributed by atoms with Crippen LogP contribution in [0.5, 0.6) is 0 Å². The van der Waals surface area contributed by atoms with E-state index in [-0.39, 0.29) is 0 Å². The van der Waals surface area contributed by atoms with E-state index >= 15 is 0 Å². The van der Waals surface area contributed by atoms with Gasteiger partial charge in [0.2, 0.25) is 0 Å². The van der Waals surface area contributed by atoms with Crippen LogP contribution in [0.3, 0.4) is 0 Å². The van der Waals surface area contributed by atoms with E-state index < -0.39 is 0 Å². The molecule has 2 aliphatic rings. The van der Waals surface area contributed by atoms with Crippen LogP contribution in [0.2, 0.25) is 0 Å². The molecular weight excluding hydrogens is 218 g/mol. The smallest absolute Gasteiger partial charge is 0.00256 e. The molecule has 18 heavy (non-hydrogen) atoms. The minimum Gasteiger partial charge on any atom is -0.316 e. The summed E-state index contributed by atoms with van der Waals surface area (Å²) in [5.74, 6) is 1.61. The van der Waals surface area contributed by atoms with E-state index in [1.165, 1.54) is 45.2 Å². The maximum atomic E-state index is 3.63. The zero-order chi connectivity index (χ0) is 12.4. The van der Waals surface area contributed by atoms with Crippen molar-refractivity contribution >= 4 is 0 Å². The second-order valence-electron chi connectivity index (χ2n) is 6.30. The van der Waals surface area contributed by atoms with Crippen molar-refractivity contribution in [3.05, 3.63) is 35.9 Å². The minimum atomic E-state index is 0.574. The zero-order valence-corrected chi connectivity index (χ0v) is 11.5. The molecule has 1 aromatic rings. The summed E-state index contributed by atoms with van der Waals surface area (Å²) in [6, 6.07) is 11.2. The summed E-state index contributed by atoms with van der Waals surface area (Å²) in [5, 5.41) is 3.63. The molecule has 3 atom stereocenters. The lowest BCUT2D eigenvalue weighted by atomic mass is 9.56. The molecule has 1 heterocycles. The van der Waals surface area contributed by atoms with Crippen LogP contribution in [0.15, 0.2) is 30.3 Å². The Bertz CT molecular complexity index is 380. The Morgan fingerprint density at radius 3 is 2.72 bits per heavy atom. The third-order valence-electron chi connectivity index (χ3n) is 5.52. The number of rotatable bonds is 1. The van der Waals surface area contributed by atoms with Gasteiger partial charge in [-0.25, -0.2) is 0 Å². The Morgan fingerprint density at radius 2 is 1.94 bits per heavy atom. The third kappa shape index (κ3) is 1.99. The summed E-state index contributed by atoms with van der Waals surface area (Å²) in [6.45, 7) is 4.89. The second kappa shape index (κ2) is 5.05. The second-order valence-corrected chi connectivity index (χ2v) is 6.30. The lowest BCUT2D eigenvalue weighted by Gasteiger charge is -2.51.